The van der Waals surface area contributed by atoms with Crippen LogP contribution in [0.15, 0.2) is 65.1 Å². The minimum atomic E-state index is -3.84. The van der Waals surface area contributed by atoms with Crippen molar-refractivity contribution in [3.63, 3.8) is 0 Å². The third-order valence-corrected chi connectivity index (χ3v) is 7.83. The maximum absolute atomic E-state index is 13.1. The highest BCUT2D eigenvalue weighted by atomic mass is 32.2. The van der Waals surface area contributed by atoms with Gasteiger partial charge in [-0.3, -0.25) is 4.79 Å². The van der Waals surface area contributed by atoms with E-state index in [1.54, 1.807) is 29.5 Å². The second-order valence-corrected chi connectivity index (χ2v) is 10.4. The van der Waals surface area contributed by atoms with Crippen LogP contribution in [0.4, 0.5) is 0 Å². The fourth-order valence-corrected chi connectivity index (χ4v) is 5.72. The minimum absolute atomic E-state index is 0.150. The highest BCUT2D eigenvalue weighted by molar-refractivity contribution is 7.89. The first-order chi connectivity index (χ1) is 14.8. The van der Waals surface area contributed by atoms with E-state index < -0.39 is 15.6 Å². The van der Waals surface area contributed by atoms with Crippen LogP contribution in [0, 0.1) is 0 Å². The molecule has 3 heterocycles. The molecule has 0 spiro atoms. The zero-order valence-electron chi connectivity index (χ0n) is 16.6. The Morgan fingerprint density at radius 1 is 1.16 bits per heavy atom. The lowest BCUT2D eigenvalue weighted by Crippen LogP contribution is -2.49. The summed E-state index contributed by atoms with van der Waals surface area (Å²) in [6.07, 6.45) is 1.48. The first-order valence-electron chi connectivity index (χ1n) is 9.57. The van der Waals surface area contributed by atoms with E-state index in [0.29, 0.717) is 11.3 Å². The number of amides is 1. The predicted octanol–water partition coefficient (Wildman–Crippen LogP) is 2.45. The number of fused-ring (bicyclic) bond motifs is 2. The van der Waals surface area contributed by atoms with Gasteiger partial charge in [-0.2, -0.15) is 17.6 Å². The Bertz CT molecular complexity index is 1380. The monoisotopic (exact) mass is 453 g/mol. The van der Waals surface area contributed by atoms with Crippen molar-refractivity contribution >= 4 is 37.5 Å². The van der Waals surface area contributed by atoms with Crippen LogP contribution in [0.1, 0.15) is 23.7 Å². The lowest BCUT2D eigenvalue weighted by Gasteiger charge is -2.29. The maximum atomic E-state index is 13.1. The van der Waals surface area contributed by atoms with Gasteiger partial charge in [-0.25, -0.2) is 4.98 Å². The summed E-state index contributed by atoms with van der Waals surface area (Å²) in [5.41, 5.74) is 9.57. The minimum Gasteiger partial charge on any atom is -0.330 e. The van der Waals surface area contributed by atoms with Gasteiger partial charge in [-0.05, 0) is 30.7 Å². The molecule has 1 atom stereocenters. The van der Waals surface area contributed by atoms with Gasteiger partial charge < -0.3 is 10.6 Å². The van der Waals surface area contributed by atoms with Crippen molar-refractivity contribution in [3.8, 4) is 0 Å². The number of rotatable bonds is 4. The van der Waals surface area contributed by atoms with Crippen LogP contribution in [0.5, 0.6) is 0 Å². The summed E-state index contributed by atoms with van der Waals surface area (Å²) in [7, 11) is -3.84. The number of nitrogens with two attached hydrogens (primary N) is 1. The number of hydrogen-bond acceptors (Lipinski definition) is 7. The van der Waals surface area contributed by atoms with Crippen LogP contribution in [0.3, 0.4) is 0 Å². The first-order valence-corrected chi connectivity index (χ1v) is 11.9. The number of hydrogen-bond donors (Lipinski definition) is 1. The third-order valence-electron chi connectivity index (χ3n) is 5.51. The fourth-order valence-electron chi connectivity index (χ4n) is 3.73. The second-order valence-electron chi connectivity index (χ2n) is 7.69. The van der Waals surface area contributed by atoms with Gasteiger partial charge in [-0.1, -0.05) is 30.3 Å². The Morgan fingerprint density at radius 3 is 2.68 bits per heavy atom. The van der Waals surface area contributed by atoms with E-state index in [1.807, 2.05) is 30.3 Å². The molecule has 1 amide bonds. The van der Waals surface area contributed by atoms with Crippen LogP contribution in [0.25, 0.3) is 10.2 Å². The van der Waals surface area contributed by atoms with E-state index in [9.17, 15) is 13.2 Å². The van der Waals surface area contributed by atoms with Gasteiger partial charge in [0.05, 0.1) is 32.9 Å². The fraction of sp³-hybridized carbons (Fsp3) is 0.190. The first kappa shape index (κ1) is 19.9. The number of thiazole rings is 1. The molecule has 0 saturated heterocycles. The van der Waals surface area contributed by atoms with E-state index in [0.717, 1.165) is 19.9 Å². The number of carbonyl (C=O) groups excluding carboxylic acids is 1. The van der Waals surface area contributed by atoms with Crippen molar-refractivity contribution < 1.29 is 13.2 Å². The molecule has 0 aliphatic carbocycles. The zero-order valence-corrected chi connectivity index (χ0v) is 18.2. The number of carbonyl (C=O) groups is 1. The smallest absolute Gasteiger partial charge is 0.283 e. The molecule has 2 aromatic carbocycles. The van der Waals surface area contributed by atoms with Gasteiger partial charge >= 0.3 is 0 Å². The molecule has 10 heteroatoms. The van der Waals surface area contributed by atoms with E-state index >= 15 is 0 Å². The Labute approximate surface area is 183 Å². The van der Waals surface area contributed by atoms with Crippen LogP contribution < -0.4 is 5.73 Å². The average molecular weight is 454 g/mol. The summed E-state index contributed by atoms with van der Waals surface area (Å²) in [4.78, 5) is 19.0. The van der Waals surface area contributed by atoms with Crippen LogP contribution in [-0.2, 0) is 33.4 Å². The Kier molecular flexibility index (Phi) is 4.47. The van der Waals surface area contributed by atoms with Gasteiger partial charge in [0.15, 0.2) is 0 Å². The van der Waals surface area contributed by atoms with Crippen molar-refractivity contribution in [2.24, 2.45) is 5.73 Å². The molecule has 0 radical (unpaired) electrons. The average Bonchev–Trinajstić information content (AvgIpc) is 3.47. The molecule has 4 aromatic rings. The van der Waals surface area contributed by atoms with E-state index in [1.165, 1.54) is 23.6 Å². The number of aromatic nitrogens is 3. The molecule has 31 heavy (non-hydrogen) atoms. The van der Waals surface area contributed by atoms with Gasteiger partial charge in [0.25, 0.3) is 10.0 Å². The van der Waals surface area contributed by atoms with Gasteiger partial charge in [0, 0.05) is 18.3 Å². The molecule has 0 bridgehead atoms. The predicted molar refractivity (Wildman–Crippen MR) is 117 cm³/mol. The number of nitrogens with zero attached hydrogens (tertiary/aromatic N) is 4. The Hall–Kier alpha value is -3.08. The highest BCUT2D eigenvalue weighted by Gasteiger charge is 2.38. The lowest BCUT2D eigenvalue weighted by molar-refractivity contribution is -0.137. The molecule has 8 nitrogen and oxygen atoms in total. The summed E-state index contributed by atoms with van der Waals surface area (Å²) in [6.45, 7) is 2.16. The molecule has 5 rings (SSSR count). The molecule has 0 unspecified atom stereocenters. The van der Waals surface area contributed by atoms with E-state index in [2.05, 4.69) is 10.1 Å². The number of benzene rings is 2. The van der Waals surface area contributed by atoms with Crippen molar-refractivity contribution in [2.75, 3.05) is 0 Å². The normalized spacial score (nSPS) is 15.7. The molecule has 1 aliphatic rings. The highest BCUT2D eigenvalue weighted by Crippen LogP contribution is 2.29. The van der Waals surface area contributed by atoms with Gasteiger partial charge in [-0.15, -0.1) is 11.3 Å². The summed E-state index contributed by atoms with van der Waals surface area (Å²) in [5, 5.41) is 4.28. The standard InChI is InChI=1S/C21H19N5O3S2/c1-21(22,15-5-3-2-4-6-15)20(27)25-10-14-11-26(24-18(14)12-25)31(28,29)16-7-8-17-19(9-16)30-13-23-17/h2-9,11,13H,10,12,22H2,1H3/t21-/m1/s1. The van der Waals surface area contributed by atoms with E-state index in [4.69, 9.17) is 5.73 Å². The summed E-state index contributed by atoms with van der Waals surface area (Å²) >= 11 is 1.38. The van der Waals surface area contributed by atoms with Crippen LogP contribution in [-0.4, -0.2) is 33.4 Å². The quantitative estimate of drug-likeness (QED) is 0.508. The second kappa shape index (κ2) is 6.98. The van der Waals surface area contributed by atoms with Crippen LogP contribution in [0.2, 0.25) is 0 Å². The maximum Gasteiger partial charge on any atom is 0.283 e. The topological polar surface area (TPSA) is 111 Å². The molecular formula is C21H19N5O3S2. The van der Waals surface area contributed by atoms with Crippen molar-refractivity contribution in [2.45, 2.75) is 30.4 Å². The van der Waals surface area contributed by atoms with Gasteiger partial charge in [0.1, 0.15) is 5.54 Å². The van der Waals surface area contributed by atoms with Crippen molar-refractivity contribution in [1.82, 2.24) is 19.1 Å². The molecule has 158 valence electrons. The SMILES string of the molecule is C[C@](N)(C(=O)N1Cc2cn(S(=O)(=O)c3ccc4ncsc4c3)nc2C1)c1ccccc1. The van der Waals surface area contributed by atoms with Crippen molar-refractivity contribution in [3.05, 3.63) is 77.1 Å². The largest absolute Gasteiger partial charge is 0.330 e. The van der Waals surface area contributed by atoms with Crippen molar-refractivity contribution in [1.29, 1.82) is 0 Å². The lowest BCUT2D eigenvalue weighted by atomic mass is 9.92. The molecule has 1 aliphatic heterocycles. The van der Waals surface area contributed by atoms with E-state index in [-0.39, 0.29) is 23.9 Å². The molecule has 0 fully saturated rings. The molecule has 2 N–H and O–H groups in total. The summed E-state index contributed by atoms with van der Waals surface area (Å²) < 4.78 is 27.9. The van der Waals surface area contributed by atoms with Crippen LogP contribution >= 0.6 is 11.3 Å². The molecular weight excluding hydrogens is 434 g/mol. The molecule has 0 saturated carbocycles. The summed E-state index contributed by atoms with van der Waals surface area (Å²) in [5.74, 6) is -0.234. The summed E-state index contributed by atoms with van der Waals surface area (Å²) in [6, 6.07) is 14.0. The zero-order chi connectivity index (χ0) is 21.8. The Balaban J connectivity index is 1.39. The third kappa shape index (κ3) is 3.23. The Morgan fingerprint density at radius 2 is 1.94 bits per heavy atom. The molecule has 2 aromatic heterocycles. The van der Waals surface area contributed by atoms with Gasteiger partial charge in [0.2, 0.25) is 5.91 Å².